The average molecular weight is 691 g/mol. The van der Waals surface area contributed by atoms with Crippen LogP contribution in [0.5, 0.6) is 5.75 Å². The van der Waals surface area contributed by atoms with E-state index in [0.29, 0.717) is 56.9 Å². The minimum Gasteiger partial charge on any atom is -0.617 e. The Balaban J connectivity index is 1.43. The van der Waals surface area contributed by atoms with Crippen LogP contribution in [0.1, 0.15) is 86.7 Å². The lowest BCUT2D eigenvalue weighted by Crippen LogP contribution is -2.53. The van der Waals surface area contributed by atoms with Crippen LogP contribution in [-0.2, 0) is 33.0 Å². The zero-order valence-corrected chi connectivity index (χ0v) is 29.5. The summed E-state index contributed by atoms with van der Waals surface area (Å²) in [7, 11) is -3.95. The van der Waals surface area contributed by atoms with Crippen molar-refractivity contribution in [2.45, 2.75) is 87.9 Å². The van der Waals surface area contributed by atoms with Crippen molar-refractivity contribution < 1.29 is 27.6 Å². The third kappa shape index (κ3) is 6.66. The highest BCUT2D eigenvalue weighted by atomic mass is 35.5. The fraction of sp³-hybridized carbons (Fsp3) is 0.629. The predicted molar refractivity (Wildman–Crippen MR) is 184 cm³/mol. The molecule has 0 aromatic heterocycles. The topological polar surface area (TPSA) is 119 Å². The Morgan fingerprint density at radius 2 is 1.93 bits per heavy atom. The highest BCUT2D eigenvalue weighted by Gasteiger charge is 2.49. The molecule has 2 aromatic carbocycles. The number of nitrogens with one attached hydrogen (secondary N) is 1. The largest absolute Gasteiger partial charge is 0.617 e. The van der Waals surface area contributed by atoms with Crippen molar-refractivity contribution in [2.75, 3.05) is 36.6 Å². The third-order valence-electron chi connectivity index (χ3n) is 11.5. The smallest absolute Gasteiger partial charge is 0.264 e. The minimum absolute atomic E-state index is 0.0351. The molecule has 0 unspecified atom stereocenters. The van der Waals surface area contributed by atoms with Crippen LogP contribution >= 0.6 is 11.6 Å². The fourth-order valence-corrected chi connectivity index (χ4v) is 10.5. The lowest BCUT2D eigenvalue weighted by atomic mass is 9.62. The van der Waals surface area contributed by atoms with Gasteiger partial charge in [-0.1, -0.05) is 42.2 Å². The number of hydrogen-bond donors (Lipinski definition) is 2. The van der Waals surface area contributed by atoms with Crippen molar-refractivity contribution in [1.29, 1.82) is 0 Å². The van der Waals surface area contributed by atoms with Gasteiger partial charge < -0.3 is 19.3 Å². The molecule has 46 heavy (non-hydrogen) atoms. The van der Waals surface area contributed by atoms with Gasteiger partial charge in [-0.2, -0.15) is 0 Å². The Kier molecular flexibility index (Phi) is 9.69. The van der Waals surface area contributed by atoms with E-state index in [1.807, 2.05) is 13.0 Å². The molecule has 2 N–H and O–H groups in total. The van der Waals surface area contributed by atoms with Crippen LogP contribution in [0, 0.1) is 17.8 Å². The molecule has 2 aromatic rings. The standard InChI is InChI=1S/C35H47ClN2O6S2/c1-23-6-4-15-35(40,16-17-45(3)41)30-11-8-27(30)20-38-21-34(14-5-7-25-18-28(36)10-12-29(25)34)22-44-32-13-9-26(19-31(32)38)33(39)37-46(42,43)24(23)2/h9-10,12-13,18-19,23-24,27,30,40H,4-8,11,14-17,20-22H2,1-3H3,(H,37,39)/t23-,24+,27-,30+,34-,35+,45+/m0/s1. The number of sulfonamides is 1. The second-order valence-corrected chi connectivity index (χ2v) is 18.4. The van der Waals surface area contributed by atoms with Gasteiger partial charge in [-0.05, 0) is 111 Å². The minimum atomic E-state index is -3.95. The van der Waals surface area contributed by atoms with Gasteiger partial charge in [0, 0.05) is 35.5 Å². The van der Waals surface area contributed by atoms with Gasteiger partial charge in [-0.3, -0.25) is 4.79 Å². The summed E-state index contributed by atoms with van der Waals surface area (Å²) < 4.78 is 47.8. The van der Waals surface area contributed by atoms with E-state index in [9.17, 15) is 22.9 Å². The van der Waals surface area contributed by atoms with E-state index in [1.54, 1.807) is 31.4 Å². The molecule has 6 rings (SSSR count). The second-order valence-electron chi connectivity index (χ2n) is 14.4. The predicted octanol–water partition coefficient (Wildman–Crippen LogP) is 5.61. The van der Waals surface area contributed by atoms with Crippen molar-refractivity contribution in [3.8, 4) is 5.75 Å². The van der Waals surface area contributed by atoms with Gasteiger partial charge in [-0.15, -0.1) is 0 Å². The number of halogens is 1. The molecule has 1 saturated carbocycles. The summed E-state index contributed by atoms with van der Waals surface area (Å²) in [6.45, 7) is 5.32. The van der Waals surface area contributed by atoms with Gasteiger partial charge in [-0.25, -0.2) is 13.1 Å². The van der Waals surface area contributed by atoms with Crippen LogP contribution in [0.25, 0.3) is 0 Å². The lowest BCUT2D eigenvalue weighted by Gasteiger charge is -2.50. The van der Waals surface area contributed by atoms with Crippen molar-refractivity contribution in [3.05, 3.63) is 58.1 Å². The maximum atomic E-state index is 13.5. The highest BCUT2D eigenvalue weighted by Crippen LogP contribution is 2.49. The third-order valence-corrected chi connectivity index (χ3v) is 14.4. The van der Waals surface area contributed by atoms with Crippen LogP contribution in [0.2, 0.25) is 5.02 Å². The number of ether oxygens (including phenoxy) is 1. The number of nitrogens with zero attached hydrogens (tertiary/aromatic N) is 1. The summed E-state index contributed by atoms with van der Waals surface area (Å²) in [6.07, 6.45) is 8.67. The Labute approximate surface area is 281 Å². The van der Waals surface area contributed by atoms with Crippen LogP contribution < -0.4 is 14.4 Å². The van der Waals surface area contributed by atoms with Crippen molar-refractivity contribution in [3.63, 3.8) is 0 Å². The molecule has 2 aliphatic carbocycles. The first kappa shape index (κ1) is 33.9. The molecule has 2 bridgehead atoms. The summed E-state index contributed by atoms with van der Waals surface area (Å²) in [6, 6.07) is 11.3. The van der Waals surface area contributed by atoms with Gasteiger partial charge >= 0.3 is 0 Å². The lowest BCUT2D eigenvalue weighted by molar-refractivity contribution is -0.0903. The monoisotopic (exact) mass is 690 g/mol. The van der Waals surface area contributed by atoms with Crippen LogP contribution in [-0.4, -0.2) is 66.5 Å². The highest BCUT2D eigenvalue weighted by molar-refractivity contribution is 7.90. The molecule has 7 atom stereocenters. The van der Waals surface area contributed by atoms with E-state index in [-0.39, 0.29) is 28.7 Å². The number of carbonyl (C=O) groups is 1. The fourth-order valence-electron chi connectivity index (χ4n) is 8.40. The maximum absolute atomic E-state index is 13.5. The maximum Gasteiger partial charge on any atom is 0.264 e. The zero-order valence-electron chi connectivity index (χ0n) is 27.1. The zero-order chi connectivity index (χ0) is 32.9. The van der Waals surface area contributed by atoms with Crippen molar-refractivity contribution in [1.82, 2.24) is 4.72 Å². The quantitative estimate of drug-likeness (QED) is 0.402. The van der Waals surface area contributed by atoms with E-state index in [1.165, 1.54) is 11.1 Å². The number of aryl methyl sites for hydroxylation is 1. The Hall–Kier alpha value is -1.98. The summed E-state index contributed by atoms with van der Waals surface area (Å²) in [5, 5.41) is 12.2. The van der Waals surface area contributed by atoms with E-state index < -0.39 is 38.0 Å². The molecule has 8 nitrogen and oxygen atoms in total. The number of rotatable bonds is 3. The number of carbonyl (C=O) groups excluding carboxylic acids is 1. The molecule has 1 fully saturated rings. The number of amides is 1. The molecule has 11 heteroatoms. The van der Waals surface area contributed by atoms with Gasteiger partial charge in [0.25, 0.3) is 5.91 Å². The Morgan fingerprint density at radius 3 is 2.67 bits per heavy atom. The van der Waals surface area contributed by atoms with Crippen LogP contribution in [0.3, 0.4) is 0 Å². The van der Waals surface area contributed by atoms with Gasteiger partial charge in [0.05, 0.1) is 29.4 Å². The molecule has 1 spiro atoms. The number of benzene rings is 2. The van der Waals surface area contributed by atoms with E-state index in [4.69, 9.17) is 16.3 Å². The normalized spacial score (nSPS) is 33.4. The summed E-state index contributed by atoms with van der Waals surface area (Å²) in [5.74, 6) is 0.460. The first-order chi connectivity index (χ1) is 21.8. The second kappa shape index (κ2) is 13.1. The van der Waals surface area contributed by atoms with Gasteiger partial charge in [0.2, 0.25) is 10.0 Å². The molecular formula is C35H47ClN2O6S2. The molecule has 1 amide bonds. The van der Waals surface area contributed by atoms with Crippen LogP contribution in [0.15, 0.2) is 36.4 Å². The molecule has 0 radical (unpaired) electrons. The molecule has 2 aliphatic heterocycles. The summed E-state index contributed by atoms with van der Waals surface area (Å²) in [4.78, 5) is 15.8. The van der Waals surface area contributed by atoms with Crippen molar-refractivity contribution >= 4 is 44.4 Å². The molecular weight excluding hydrogens is 644 g/mol. The molecule has 0 saturated heterocycles. The Morgan fingerprint density at radius 1 is 1.13 bits per heavy atom. The summed E-state index contributed by atoms with van der Waals surface area (Å²) >= 11 is 5.39. The van der Waals surface area contributed by atoms with E-state index >= 15 is 0 Å². The average Bonchev–Trinajstić information content (AvgIpc) is 3.14. The molecule has 252 valence electrons. The van der Waals surface area contributed by atoms with Gasteiger partial charge in [0.15, 0.2) is 0 Å². The van der Waals surface area contributed by atoms with Crippen molar-refractivity contribution in [2.24, 2.45) is 17.8 Å². The molecule has 4 aliphatic rings. The number of hydrogen-bond acceptors (Lipinski definition) is 7. The first-order valence-electron chi connectivity index (χ1n) is 16.7. The number of anilines is 1. The number of aliphatic hydroxyl groups is 1. The van der Waals surface area contributed by atoms with E-state index in [2.05, 4.69) is 21.8 Å². The SMILES string of the molecule is C[C@@H]1[C@@H](C)CCC[C@@](O)(CC[S@@+](C)[O-])[C@@H]2CC[C@H]2CN2C[C@@]3(CCCc4cc(Cl)ccc43)COc3ccc(cc32)C(=O)NS1(=O)=O. The molecule has 2 heterocycles. The Bertz CT molecular complexity index is 1570. The first-order valence-corrected chi connectivity index (χ1v) is 20.3. The number of fused-ring (bicyclic) bond motifs is 4. The van der Waals surface area contributed by atoms with Crippen LogP contribution in [0.4, 0.5) is 5.69 Å². The van der Waals surface area contributed by atoms with Gasteiger partial charge in [0.1, 0.15) is 11.5 Å². The summed E-state index contributed by atoms with van der Waals surface area (Å²) in [5.41, 5.74) is 2.22. The van der Waals surface area contributed by atoms with E-state index in [0.717, 1.165) is 42.8 Å².